The molecule has 0 atom stereocenters. The summed E-state index contributed by atoms with van der Waals surface area (Å²) in [7, 11) is -4.16. The largest absolute Gasteiger partial charge is 0.504 e. The van der Waals surface area contributed by atoms with Crippen molar-refractivity contribution < 1.29 is 26.8 Å². The second-order valence-electron chi connectivity index (χ2n) is 3.77. The van der Waals surface area contributed by atoms with Gasteiger partial charge >= 0.3 is 0 Å². The second-order valence-corrected chi connectivity index (χ2v) is 5.73. The standard InChI is InChI=1S/C10H8F2N2O4S/c1-19(16,17)9-6(11)2-4(8(15)7(9)12)5-3-14-18-10(5)13/h2-3,15H,13H2,1H3. The van der Waals surface area contributed by atoms with Crippen LogP contribution in [0.4, 0.5) is 14.7 Å². The van der Waals surface area contributed by atoms with Gasteiger partial charge in [-0.2, -0.15) is 0 Å². The number of halogens is 2. The van der Waals surface area contributed by atoms with Gasteiger partial charge in [0.05, 0.1) is 11.8 Å². The fraction of sp³-hybridized carbons (Fsp3) is 0.100. The first kappa shape index (κ1) is 13.3. The van der Waals surface area contributed by atoms with E-state index in [9.17, 15) is 22.3 Å². The molecule has 9 heteroatoms. The molecule has 19 heavy (non-hydrogen) atoms. The van der Waals surface area contributed by atoms with Gasteiger partial charge in [0.2, 0.25) is 5.88 Å². The molecule has 2 aromatic rings. The Bertz CT molecular complexity index is 755. The van der Waals surface area contributed by atoms with Crippen LogP contribution in [0.1, 0.15) is 0 Å². The molecule has 0 bridgehead atoms. The zero-order valence-corrected chi connectivity index (χ0v) is 10.3. The van der Waals surface area contributed by atoms with Crippen LogP contribution in [0.3, 0.4) is 0 Å². The fourth-order valence-corrected chi connectivity index (χ4v) is 2.42. The Morgan fingerprint density at radius 1 is 1.37 bits per heavy atom. The molecule has 3 N–H and O–H groups in total. The molecule has 0 saturated heterocycles. The summed E-state index contributed by atoms with van der Waals surface area (Å²) < 4.78 is 54.5. The van der Waals surface area contributed by atoms with Crippen molar-refractivity contribution in [3.05, 3.63) is 23.9 Å². The summed E-state index contributed by atoms with van der Waals surface area (Å²) in [5, 5.41) is 12.9. The molecule has 0 aliphatic heterocycles. The predicted octanol–water partition coefficient (Wildman–Crippen LogP) is 1.31. The maximum atomic E-state index is 13.8. The van der Waals surface area contributed by atoms with Crippen LogP contribution < -0.4 is 5.73 Å². The van der Waals surface area contributed by atoms with Crippen LogP contribution in [-0.2, 0) is 9.84 Å². The van der Waals surface area contributed by atoms with E-state index >= 15 is 0 Å². The van der Waals surface area contributed by atoms with Gasteiger partial charge in [0.15, 0.2) is 21.4 Å². The number of nitrogens with two attached hydrogens (primary N) is 1. The molecule has 0 aliphatic rings. The zero-order chi connectivity index (χ0) is 14.4. The summed E-state index contributed by atoms with van der Waals surface area (Å²) >= 11 is 0. The quantitative estimate of drug-likeness (QED) is 0.863. The Balaban J connectivity index is 2.80. The number of nitrogens with zero attached hydrogens (tertiary/aromatic N) is 1. The highest BCUT2D eigenvalue weighted by Crippen LogP contribution is 2.38. The molecular weight excluding hydrogens is 282 g/mol. The highest BCUT2D eigenvalue weighted by Gasteiger charge is 2.27. The number of nitrogen functional groups attached to an aromatic ring is 1. The van der Waals surface area contributed by atoms with Gasteiger partial charge in [0, 0.05) is 11.8 Å². The van der Waals surface area contributed by atoms with Gasteiger partial charge < -0.3 is 15.4 Å². The van der Waals surface area contributed by atoms with Gasteiger partial charge in [-0.25, -0.2) is 17.2 Å². The Morgan fingerprint density at radius 3 is 2.47 bits per heavy atom. The lowest BCUT2D eigenvalue weighted by Crippen LogP contribution is -2.05. The van der Waals surface area contributed by atoms with Crippen LogP contribution >= 0.6 is 0 Å². The van der Waals surface area contributed by atoms with Crippen LogP contribution in [0.25, 0.3) is 11.1 Å². The van der Waals surface area contributed by atoms with E-state index in [1.165, 1.54) is 0 Å². The summed E-state index contributed by atoms with van der Waals surface area (Å²) in [5.41, 5.74) is 4.97. The third-order valence-electron chi connectivity index (χ3n) is 2.41. The monoisotopic (exact) mass is 290 g/mol. The first-order chi connectivity index (χ1) is 8.73. The molecule has 0 unspecified atom stereocenters. The zero-order valence-electron chi connectivity index (χ0n) is 9.52. The van der Waals surface area contributed by atoms with Crippen molar-refractivity contribution in [2.45, 2.75) is 4.90 Å². The van der Waals surface area contributed by atoms with Crippen molar-refractivity contribution in [3.8, 4) is 16.9 Å². The number of sulfone groups is 1. The maximum Gasteiger partial charge on any atom is 0.230 e. The van der Waals surface area contributed by atoms with Gasteiger partial charge in [0.1, 0.15) is 10.7 Å². The van der Waals surface area contributed by atoms with E-state index in [0.29, 0.717) is 12.3 Å². The number of phenolic OH excluding ortho intramolecular Hbond substituents is 1. The van der Waals surface area contributed by atoms with E-state index < -0.39 is 32.1 Å². The van der Waals surface area contributed by atoms with Crippen LogP contribution in [-0.4, -0.2) is 24.9 Å². The summed E-state index contributed by atoms with van der Waals surface area (Å²) in [6.07, 6.45) is 1.67. The second kappa shape index (κ2) is 4.19. The Kier molecular flexibility index (Phi) is 2.93. The Morgan fingerprint density at radius 2 is 2.00 bits per heavy atom. The molecule has 1 aromatic heterocycles. The third kappa shape index (κ3) is 2.12. The number of hydrogen-bond acceptors (Lipinski definition) is 6. The van der Waals surface area contributed by atoms with Crippen molar-refractivity contribution in [1.29, 1.82) is 0 Å². The molecule has 0 aliphatic carbocycles. The summed E-state index contributed by atoms with van der Waals surface area (Å²) in [6, 6.07) is 0.650. The number of hydrogen-bond donors (Lipinski definition) is 2. The third-order valence-corrected chi connectivity index (χ3v) is 3.53. The number of benzene rings is 1. The molecule has 2 rings (SSSR count). The Labute approximate surface area is 106 Å². The van der Waals surface area contributed by atoms with E-state index in [1.54, 1.807) is 0 Å². The van der Waals surface area contributed by atoms with Gasteiger partial charge in [-0.1, -0.05) is 5.16 Å². The van der Waals surface area contributed by atoms with Crippen LogP contribution in [0.2, 0.25) is 0 Å². The Hall–Kier alpha value is -2.16. The highest BCUT2D eigenvalue weighted by molar-refractivity contribution is 7.90. The predicted molar refractivity (Wildman–Crippen MR) is 61.0 cm³/mol. The molecule has 0 spiro atoms. The maximum absolute atomic E-state index is 13.8. The van der Waals surface area contributed by atoms with E-state index in [-0.39, 0.29) is 17.0 Å². The minimum atomic E-state index is -4.16. The average molecular weight is 290 g/mol. The van der Waals surface area contributed by atoms with Crippen LogP contribution in [0, 0.1) is 11.6 Å². The molecule has 0 amide bonds. The normalized spacial score (nSPS) is 11.7. The van der Waals surface area contributed by atoms with Crippen molar-refractivity contribution in [2.75, 3.05) is 12.0 Å². The number of aromatic nitrogens is 1. The van der Waals surface area contributed by atoms with Crippen molar-refractivity contribution in [1.82, 2.24) is 5.16 Å². The van der Waals surface area contributed by atoms with Gasteiger partial charge in [0.25, 0.3) is 0 Å². The molecule has 1 aromatic carbocycles. The molecule has 102 valence electrons. The minimum Gasteiger partial charge on any atom is -0.504 e. The van der Waals surface area contributed by atoms with Gasteiger partial charge in [-0.05, 0) is 6.07 Å². The van der Waals surface area contributed by atoms with Crippen LogP contribution in [0.15, 0.2) is 21.7 Å². The molecule has 1 heterocycles. The minimum absolute atomic E-state index is 0.0460. The van der Waals surface area contributed by atoms with Crippen LogP contribution in [0.5, 0.6) is 5.75 Å². The molecule has 0 radical (unpaired) electrons. The summed E-state index contributed by atoms with van der Waals surface area (Å²) in [4.78, 5) is -1.20. The van der Waals surface area contributed by atoms with E-state index in [2.05, 4.69) is 9.68 Å². The van der Waals surface area contributed by atoms with E-state index in [1.807, 2.05) is 0 Å². The summed E-state index contributed by atoms with van der Waals surface area (Å²) in [5.74, 6) is -4.23. The molecule has 0 fully saturated rings. The average Bonchev–Trinajstić information content (AvgIpc) is 2.68. The molecular formula is C10H8F2N2O4S. The number of rotatable bonds is 2. The SMILES string of the molecule is CS(=O)(=O)c1c(F)cc(-c2cnoc2N)c(O)c1F. The first-order valence-electron chi connectivity index (χ1n) is 4.85. The lowest BCUT2D eigenvalue weighted by Gasteiger charge is -2.08. The van der Waals surface area contributed by atoms with Crippen molar-refractivity contribution in [3.63, 3.8) is 0 Å². The van der Waals surface area contributed by atoms with E-state index in [0.717, 1.165) is 6.20 Å². The topological polar surface area (TPSA) is 106 Å². The first-order valence-corrected chi connectivity index (χ1v) is 6.74. The number of phenols is 1. The molecule has 0 saturated carbocycles. The smallest absolute Gasteiger partial charge is 0.230 e. The number of aromatic hydroxyl groups is 1. The van der Waals surface area contributed by atoms with E-state index in [4.69, 9.17) is 5.73 Å². The van der Waals surface area contributed by atoms with Crippen molar-refractivity contribution >= 4 is 15.7 Å². The van der Waals surface area contributed by atoms with Crippen molar-refractivity contribution in [2.24, 2.45) is 0 Å². The fourth-order valence-electron chi connectivity index (χ4n) is 1.59. The summed E-state index contributed by atoms with van der Waals surface area (Å²) in [6.45, 7) is 0. The van der Waals surface area contributed by atoms with Gasteiger partial charge in [-0.3, -0.25) is 0 Å². The number of anilines is 1. The lowest BCUT2D eigenvalue weighted by molar-refractivity contribution is 0.414. The highest BCUT2D eigenvalue weighted by atomic mass is 32.2. The lowest BCUT2D eigenvalue weighted by atomic mass is 10.1. The van der Waals surface area contributed by atoms with Gasteiger partial charge in [-0.15, -0.1) is 0 Å². The molecule has 6 nitrogen and oxygen atoms in total.